The number of Topliss-reactive ketones (excluding diaryl/α,β-unsaturated/α-hetero) is 1. The number of carbonyl (C=O) groups is 1. The molecule has 0 atom stereocenters. The first-order valence-corrected chi connectivity index (χ1v) is 10.6. The summed E-state index contributed by atoms with van der Waals surface area (Å²) in [5, 5.41) is 0.0299. The van der Waals surface area contributed by atoms with Gasteiger partial charge in [0.2, 0.25) is 15.8 Å². The lowest BCUT2D eigenvalue weighted by atomic mass is 10.0. The van der Waals surface area contributed by atoms with Crippen molar-refractivity contribution in [3.63, 3.8) is 0 Å². The van der Waals surface area contributed by atoms with Gasteiger partial charge in [-0.25, -0.2) is 8.42 Å². The van der Waals surface area contributed by atoms with Gasteiger partial charge in [0.1, 0.15) is 5.70 Å². The largest absolute Gasteiger partial charge is 0.586 e. The quantitative estimate of drug-likeness (QED) is 0.759. The first-order chi connectivity index (χ1) is 13.3. The van der Waals surface area contributed by atoms with E-state index in [2.05, 4.69) is 14.2 Å². The number of alkyl halides is 2. The van der Waals surface area contributed by atoms with E-state index in [-0.39, 0.29) is 45.9 Å². The van der Waals surface area contributed by atoms with Crippen molar-refractivity contribution in [3.8, 4) is 11.5 Å². The molecule has 8 nitrogen and oxygen atoms in total. The van der Waals surface area contributed by atoms with E-state index in [1.165, 1.54) is 30.9 Å². The van der Waals surface area contributed by atoms with Crippen molar-refractivity contribution in [2.75, 3.05) is 17.7 Å². The molecule has 0 aromatic heterocycles. The molecule has 4 rings (SSSR count). The zero-order valence-corrected chi connectivity index (χ0v) is 17.0. The van der Waals surface area contributed by atoms with Crippen molar-refractivity contribution < 1.29 is 36.2 Å². The summed E-state index contributed by atoms with van der Waals surface area (Å²) in [7, 11) is -3.64. The van der Waals surface area contributed by atoms with Crippen molar-refractivity contribution in [2.24, 2.45) is 0 Å². The molecule has 0 bridgehead atoms. The first-order valence-electron chi connectivity index (χ1n) is 8.31. The molecule has 0 spiro atoms. The molecule has 0 saturated heterocycles. The Hall–Kier alpha value is -2.53. The van der Waals surface area contributed by atoms with Crippen LogP contribution in [0, 0.1) is 0 Å². The topological polar surface area (TPSA) is 94.2 Å². The van der Waals surface area contributed by atoms with Crippen LogP contribution in [-0.2, 0) is 19.6 Å². The molecule has 3 aliphatic heterocycles. The van der Waals surface area contributed by atoms with E-state index in [4.69, 9.17) is 16.3 Å². The number of nitrogens with zero attached hydrogens (tertiary/aromatic N) is 1. The van der Waals surface area contributed by atoms with Crippen molar-refractivity contribution in [1.82, 2.24) is 4.72 Å². The number of ketones is 1. The van der Waals surface area contributed by atoms with Crippen molar-refractivity contribution >= 4 is 33.1 Å². The highest BCUT2D eigenvalue weighted by atomic mass is 35.5. The Morgan fingerprint density at radius 1 is 1.17 bits per heavy atom. The van der Waals surface area contributed by atoms with Crippen LogP contribution in [0.2, 0.25) is 5.02 Å². The molecule has 0 aliphatic carbocycles. The van der Waals surface area contributed by atoms with Crippen LogP contribution in [0.3, 0.4) is 0 Å². The first kappa shape index (κ1) is 19.8. The Kier molecular flexibility index (Phi) is 4.08. The number of benzene rings is 1. The van der Waals surface area contributed by atoms with E-state index < -0.39 is 27.7 Å². The molecule has 29 heavy (non-hydrogen) atoms. The summed E-state index contributed by atoms with van der Waals surface area (Å²) in [4.78, 5) is 14.4. The molecule has 12 heteroatoms. The van der Waals surface area contributed by atoms with Crippen LogP contribution in [0.1, 0.15) is 13.8 Å². The molecule has 1 aromatic carbocycles. The fourth-order valence-electron chi connectivity index (χ4n) is 3.21. The van der Waals surface area contributed by atoms with E-state index in [1.54, 1.807) is 0 Å². The van der Waals surface area contributed by atoms with Gasteiger partial charge >= 0.3 is 6.29 Å². The van der Waals surface area contributed by atoms with Gasteiger partial charge < -0.3 is 19.1 Å². The third-order valence-corrected chi connectivity index (χ3v) is 5.28. The van der Waals surface area contributed by atoms with Crippen LogP contribution in [0.5, 0.6) is 11.5 Å². The number of rotatable bonds is 3. The lowest BCUT2D eigenvalue weighted by Crippen LogP contribution is -2.36. The van der Waals surface area contributed by atoms with E-state index in [0.717, 1.165) is 12.3 Å². The average molecular weight is 449 g/mol. The van der Waals surface area contributed by atoms with E-state index in [1.807, 2.05) is 0 Å². The Labute approximate surface area is 169 Å². The Morgan fingerprint density at radius 2 is 1.79 bits per heavy atom. The maximum atomic E-state index is 13.4. The fourth-order valence-corrected chi connectivity index (χ4v) is 4.04. The molecular weight excluding hydrogens is 434 g/mol. The van der Waals surface area contributed by atoms with Crippen molar-refractivity contribution in [2.45, 2.75) is 25.7 Å². The third kappa shape index (κ3) is 3.38. The number of hydrogen-bond donors (Lipinski definition) is 1. The summed E-state index contributed by atoms with van der Waals surface area (Å²) in [6.45, 7) is 3.09. The molecular formula is C17H15ClF2N2O6S. The second-order valence-electron chi connectivity index (χ2n) is 7.14. The Bertz CT molecular complexity index is 1110. The summed E-state index contributed by atoms with van der Waals surface area (Å²) in [5.74, 6) is -0.881. The summed E-state index contributed by atoms with van der Waals surface area (Å²) in [6.07, 6.45) is -1.36. The molecule has 0 radical (unpaired) electrons. The van der Waals surface area contributed by atoms with Gasteiger partial charge in [-0.2, -0.15) is 0 Å². The molecule has 0 fully saturated rings. The van der Waals surface area contributed by atoms with Crippen molar-refractivity contribution in [3.05, 3.63) is 40.4 Å². The van der Waals surface area contributed by atoms with Crippen LogP contribution in [-0.4, -0.2) is 38.9 Å². The Morgan fingerprint density at radius 3 is 2.41 bits per heavy atom. The summed E-state index contributed by atoms with van der Waals surface area (Å²) in [5.41, 5.74) is -0.901. The lowest BCUT2D eigenvalue weighted by molar-refractivity contribution is -0.286. The fraction of sp³-hybridized carbons (Fsp3) is 0.353. The van der Waals surface area contributed by atoms with Crippen LogP contribution < -0.4 is 19.1 Å². The molecule has 3 aliphatic rings. The number of ether oxygens (including phenoxy) is 3. The molecule has 1 N–H and O–H groups in total. The third-order valence-electron chi connectivity index (χ3n) is 4.38. The molecule has 3 heterocycles. The van der Waals surface area contributed by atoms with Crippen molar-refractivity contribution in [1.29, 1.82) is 0 Å². The summed E-state index contributed by atoms with van der Waals surface area (Å²) >= 11 is 6.26. The maximum absolute atomic E-state index is 13.4. The molecule has 0 saturated carbocycles. The van der Waals surface area contributed by atoms with Gasteiger partial charge in [0.25, 0.3) is 0 Å². The second-order valence-corrected chi connectivity index (χ2v) is 9.30. The molecule has 0 unspecified atom stereocenters. The zero-order chi connectivity index (χ0) is 21.4. The van der Waals surface area contributed by atoms with Crippen LogP contribution in [0.15, 0.2) is 35.4 Å². The number of sulfonamides is 1. The van der Waals surface area contributed by atoms with E-state index in [0.29, 0.717) is 0 Å². The number of hydrogen-bond acceptors (Lipinski definition) is 7. The van der Waals surface area contributed by atoms with E-state index in [9.17, 15) is 22.0 Å². The van der Waals surface area contributed by atoms with Gasteiger partial charge in [-0.05, 0) is 19.9 Å². The van der Waals surface area contributed by atoms with Gasteiger partial charge in [0, 0.05) is 18.7 Å². The second kappa shape index (κ2) is 5.99. The van der Waals surface area contributed by atoms with Gasteiger partial charge in [-0.15, -0.1) is 8.78 Å². The van der Waals surface area contributed by atoms with E-state index >= 15 is 0 Å². The number of anilines is 1. The smallest absolute Gasteiger partial charge is 0.475 e. The number of nitrogens with one attached hydrogen (secondary N) is 1. The normalized spacial score (nSPS) is 21.7. The minimum absolute atomic E-state index is 0.0238. The Balaban J connectivity index is 1.80. The minimum atomic E-state index is -3.82. The zero-order valence-electron chi connectivity index (χ0n) is 15.4. The summed E-state index contributed by atoms with van der Waals surface area (Å²) < 4.78 is 67.0. The minimum Gasteiger partial charge on any atom is -0.475 e. The van der Waals surface area contributed by atoms with Crippen LogP contribution >= 0.6 is 11.6 Å². The molecule has 156 valence electrons. The van der Waals surface area contributed by atoms with Gasteiger partial charge in [-0.1, -0.05) is 11.6 Å². The number of halogens is 3. The highest BCUT2D eigenvalue weighted by Crippen LogP contribution is 2.48. The number of fused-ring (bicyclic) bond motifs is 1. The SMILES string of the molecule is CC1(C)OC2=C(C1=O)N(c1cc3c(cc1Cl)OC(F)(F)O3)CC=C2NS(C)(=O)=O. The number of carbonyl (C=O) groups excluding carboxylic acids is 1. The summed E-state index contributed by atoms with van der Waals surface area (Å²) in [6, 6.07) is 2.39. The van der Waals surface area contributed by atoms with Gasteiger partial charge in [0.05, 0.1) is 22.7 Å². The monoisotopic (exact) mass is 448 g/mol. The highest BCUT2D eigenvalue weighted by Gasteiger charge is 2.48. The van der Waals surface area contributed by atoms with Crippen LogP contribution in [0.25, 0.3) is 0 Å². The molecule has 1 aromatic rings. The predicted molar refractivity (Wildman–Crippen MR) is 98.3 cm³/mol. The molecule has 0 amide bonds. The highest BCUT2D eigenvalue weighted by molar-refractivity contribution is 7.88. The maximum Gasteiger partial charge on any atom is 0.586 e. The van der Waals surface area contributed by atoms with Crippen LogP contribution in [0.4, 0.5) is 14.5 Å². The van der Waals surface area contributed by atoms with Gasteiger partial charge in [-0.3, -0.25) is 9.52 Å². The average Bonchev–Trinajstić information content (AvgIpc) is 2.98. The van der Waals surface area contributed by atoms with Gasteiger partial charge in [0.15, 0.2) is 22.9 Å². The predicted octanol–water partition coefficient (Wildman–Crippen LogP) is 2.50. The lowest BCUT2D eigenvalue weighted by Gasteiger charge is -2.29. The standard InChI is InChI=1S/C17H15ClF2N2O6S/c1-16(2)15(23)13-14(28-16)9(21-29(3,24)25)4-5-22(13)10-7-12-11(6-8(10)18)26-17(19,20)27-12/h4,6-7,21H,5H2,1-3H3.